The standard InChI is InChI=1S/C18H19N5O2/c1-19-17(24)14-9-7-13(8-10-14)11-22(2)18(25)21-23-12-20-15-5-3-4-6-16(15)23/h3-10,12H,11H2,1-2H3,(H,19,24)(H,21,25). The highest BCUT2D eigenvalue weighted by atomic mass is 16.2. The number of nitrogens with one attached hydrogen (secondary N) is 2. The fourth-order valence-corrected chi connectivity index (χ4v) is 2.49. The zero-order valence-corrected chi connectivity index (χ0v) is 14.1. The molecule has 7 nitrogen and oxygen atoms in total. The van der Waals surface area contributed by atoms with Gasteiger partial charge < -0.3 is 10.2 Å². The zero-order valence-electron chi connectivity index (χ0n) is 14.1. The number of amides is 3. The van der Waals surface area contributed by atoms with Gasteiger partial charge in [0.1, 0.15) is 6.33 Å². The van der Waals surface area contributed by atoms with Crippen LogP contribution in [0.3, 0.4) is 0 Å². The predicted molar refractivity (Wildman–Crippen MR) is 95.8 cm³/mol. The van der Waals surface area contributed by atoms with Crippen LogP contribution in [0.25, 0.3) is 11.0 Å². The van der Waals surface area contributed by atoms with Crippen molar-refractivity contribution in [2.24, 2.45) is 0 Å². The van der Waals surface area contributed by atoms with Crippen LogP contribution >= 0.6 is 0 Å². The normalized spacial score (nSPS) is 10.5. The van der Waals surface area contributed by atoms with Crippen molar-refractivity contribution in [3.05, 3.63) is 66.0 Å². The number of nitrogens with zero attached hydrogens (tertiary/aromatic N) is 3. The lowest BCUT2D eigenvalue weighted by molar-refractivity contribution is 0.0963. The summed E-state index contributed by atoms with van der Waals surface area (Å²) in [7, 11) is 3.30. The van der Waals surface area contributed by atoms with Crippen LogP contribution in [0.5, 0.6) is 0 Å². The molecule has 0 radical (unpaired) electrons. The highest BCUT2D eigenvalue weighted by Crippen LogP contribution is 2.11. The van der Waals surface area contributed by atoms with Crippen LogP contribution in [-0.2, 0) is 6.54 Å². The van der Waals surface area contributed by atoms with Crippen molar-refractivity contribution in [3.8, 4) is 0 Å². The maximum atomic E-state index is 12.4. The van der Waals surface area contributed by atoms with Crippen LogP contribution in [0.2, 0.25) is 0 Å². The van der Waals surface area contributed by atoms with E-state index in [-0.39, 0.29) is 11.9 Å². The Bertz CT molecular complexity index is 901. The second-order valence-corrected chi connectivity index (χ2v) is 5.65. The van der Waals surface area contributed by atoms with Gasteiger partial charge in [-0.25, -0.2) is 19.9 Å². The third kappa shape index (κ3) is 3.60. The molecular formula is C18H19N5O2. The Balaban J connectivity index is 1.65. The zero-order chi connectivity index (χ0) is 17.8. The molecule has 1 heterocycles. The number of fused-ring (bicyclic) bond motifs is 1. The Labute approximate surface area is 145 Å². The van der Waals surface area contributed by atoms with Crippen molar-refractivity contribution in [1.29, 1.82) is 0 Å². The van der Waals surface area contributed by atoms with Crippen molar-refractivity contribution < 1.29 is 9.59 Å². The third-order valence-corrected chi connectivity index (χ3v) is 3.88. The summed E-state index contributed by atoms with van der Waals surface area (Å²) in [4.78, 5) is 29.7. The molecular weight excluding hydrogens is 318 g/mol. The molecule has 0 aliphatic rings. The molecule has 0 bridgehead atoms. The lowest BCUT2D eigenvalue weighted by atomic mass is 10.1. The molecule has 0 spiro atoms. The Morgan fingerprint density at radius 3 is 2.56 bits per heavy atom. The van der Waals surface area contributed by atoms with E-state index in [1.54, 1.807) is 42.1 Å². The minimum atomic E-state index is -0.251. The van der Waals surface area contributed by atoms with E-state index in [1.165, 1.54) is 0 Å². The Kier molecular flexibility index (Phi) is 4.65. The van der Waals surface area contributed by atoms with Gasteiger partial charge in [-0.3, -0.25) is 4.79 Å². The van der Waals surface area contributed by atoms with Crippen LogP contribution in [0.15, 0.2) is 54.9 Å². The Morgan fingerprint density at radius 2 is 1.84 bits per heavy atom. The molecule has 7 heteroatoms. The summed E-state index contributed by atoms with van der Waals surface area (Å²) in [5.74, 6) is -0.135. The van der Waals surface area contributed by atoms with Gasteiger partial charge in [0, 0.05) is 26.2 Å². The number of para-hydroxylation sites is 2. The maximum absolute atomic E-state index is 12.4. The second-order valence-electron chi connectivity index (χ2n) is 5.65. The van der Waals surface area contributed by atoms with E-state index >= 15 is 0 Å². The molecule has 25 heavy (non-hydrogen) atoms. The van der Waals surface area contributed by atoms with Crippen molar-refractivity contribution in [1.82, 2.24) is 19.9 Å². The van der Waals surface area contributed by atoms with Crippen LogP contribution < -0.4 is 10.7 Å². The lowest BCUT2D eigenvalue weighted by Crippen LogP contribution is -2.35. The summed E-state index contributed by atoms with van der Waals surface area (Å²) in [6, 6.07) is 14.5. The van der Waals surface area contributed by atoms with Gasteiger partial charge in [0.25, 0.3) is 5.91 Å². The smallest absolute Gasteiger partial charge is 0.336 e. The minimum absolute atomic E-state index is 0.135. The van der Waals surface area contributed by atoms with E-state index < -0.39 is 0 Å². The number of rotatable bonds is 4. The molecule has 1 aromatic heterocycles. The van der Waals surface area contributed by atoms with Crippen LogP contribution in [-0.4, -0.2) is 40.6 Å². The molecule has 3 amide bonds. The molecule has 0 unspecified atom stereocenters. The molecule has 0 aliphatic carbocycles. The quantitative estimate of drug-likeness (QED) is 0.766. The molecule has 3 rings (SSSR count). The topological polar surface area (TPSA) is 79.3 Å². The second kappa shape index (κ2) is 7.04. The summed E-state index contributed by atoms with van der Waals surface area (Å²) in [6.07, 6.45) is 1.58. The lowest BCUT2D eigenvalue weighted by Gasteiger charge is -2.18. The molecule has 0 fully saturated rings. The first kappa shape index (κ1) is 16.5. The first-order chi connectivity index (χ1) is 12.1. The number of aromatic nitrogens is 2. The summed E-state index contributed by atoms with van der Waals surface area (Å²) in [5.41, 5.74) is 5.97. The van der Waals surface area contributed by atoms with E-state index in [9.17, 15) is 9.59 Å². The largest absolute Gasteiger partial charge is 0.355 e. The van der Waals surface area contributed by atoms with Gasteiger partial charge in [-0.15, -0.1) is 0 Å². The predicted octanol–water partition coefficient (Wildman–Crippen LogP) is 2.19. The molecule has 128 valence electrons. The monoisotopic (exact) mass is 337 g/mol. The molecule has 0 atom stereocenters. The first-order valence-electron chi connectivity index (χ1n) is 7.83. The highest BCUT2D eigenvalue weighted by molar-refractivity contribution is 5.94. The number of benzene rings is 2. The van der Waals surface area contributed by atoms with Crippen molar-refractivity contribution in [2.45, 2.75) is 6.54 Å². The van der Waals surface area contributed by atoms with Crippen molar-refractivity contribution >= 4 is 23.0 Å². The maximum Gasteiger partial charge on any atom is 0.336 e. The van der Waals surface area contributed by atoms with Gasteiger partial charge in [-0.1, -0.05) is 24.3 Å². The van der Waals surface area contributed by atoms with Crippen LogP contribution in [0, 0.1) is 0 Å². The number of imidazole rings is 1. The Morgan fingerprint density at radius 1 is 1.12 bits per heavy atom. The number of carbonyl (C=O) groups excluding carboxylic acids is 2. The number of urea groups is 1. The van der Waals surface area contributed by atoms with E-state index in [4.69, 9.17) is 0 Å². The summed E-state index contributed by atoms with van der Waals surface area (Å²) in [6.45, 7) is 0.423. The summed E-state index contributed by atoms with van der Waals surface area (Å²) >= 11 is 0. The molecule has 2 N–H and O–H groups in total. The van der Waals surface area contributed by atoms with E-state index in [0.717, 1.165) is 16.6 Å². The van der Waals surface area contributed by atoms with E-state index in [0.29, 0.717) is 12.1 Å². The number of hydrogen-bond donors (Lipinski definition) is 2. The van der Waals surface area contributed by atoms with Crippen LogP contribution in [0.1, 0.15) is 15.9 Å². The number of carbonyl (C=O) groups is 2. The van der Waals surface area contributed by atoms with Gasteiger partial charge in [-0.05, 0) is 29.8 Å². The molecule has 3 aromatic rings. The molecule has 2 aromatic carbocycles. The average molecular weight is 337 g/mol. The van der Waals surface area contributed by atoms with E-state index in [1.807, 2.05) is 36.4 Å². The Hall–Kier alpha value is -3.35. The fourth-order valence-electron chi connectivity index (χ4n) is 2.49. The number of hydrogen-bond acceptors (Lipinski definition) is 3. The SMILES string of the molecule is CNC(=O)c1ccc(CN(C)C(=O)Nn2cnc3ccccc32)cc1. The first-order valence-corrected chi connectivity index (χ1v) is 7.83. The highest BCUT2D eigenvalue weighted by Gasteiger charge is 2.11. The van der Waals surface area contributed by atoms with Gasteiger partial charge in [0.05, 0.1) is 11.0 Å². The molecule has 0 saturated carbocycles. The van der Waals surface area contributed by atoms with Gasteiger partial charge in [0.15, 0.2) is 0 Å². The van der Waals surface area contributed by atoms with Crippen molar-refractivity contribution in [2.75, 3.05) is 19.5 Å². The van der Waals surface area contributed by atoms with Crippen molar-refractivity contribution in [3.63, 3.8) is 0 Å². The van der Waals surface area contributed by atoms with Gasteiger partial charge >= 0.3 is 6.03 Å². The molecule has 0 aliphatic heterocycles. The average Bonchev–Trinajstić information content (AvgIpc) is 3.04. The van der Waals surface area contributed by atoms with Crippen LogP contribution in [0.4, 0.5) is 4.79 Å². The van der Waals surface area contributed by atoms with E-state index in [2.05, 4.69) is 15.7 Å². The third-order valence-electron chi connectivity index (χ3n) is 3.88. The summed E-state index contributed by atoms with van der Waals surface area (Å²) in [5, 5.41) is 2.58. The fraction of sp³-hybridized carbons (Fsp3) is 0.167. The summed E-state index contributed by atoms with van der Waals surface area (Å²) < 4.78 is 1.60. The molecule has 0 saturated heterocycles. The minimum Gasteiger partial charge on any atom is -0.355 e. The van der Waals surface area contributed by atoms with Gasteiger partial charge in [-0.2, -0.15) is 0 Å². The van der Waals surface area contributed by atoms with Gasteiger partial charge in [0.2, 0.25) is 0 Å².